The van der Waals surface area contributed by atoms with Crippen molar-refractivity contribution in [3.05, 3.63) is 30.3 Å². The lowest BCUT2D eigenvalue weighted by Gasteiger charge is -2.32. The number of hydrogen-bond donors (Lipinski definition) is 3. The first-order valence-corrected chi connectivity index (χ1v) is 7.73. The van der Waals surface area contributed by atoms with Crippen LogP contribution in [0.1, 0.15) is 19.3 Å². The van der Waals surface area contributed by atoms with Gasteiger partial charge in [-0.05, 0) is 38.6 Å². The lowest BCUT2D eigenvalue weighted by molar-refractivity contribution is -0.120. The number of nitrogens with zero attached hydrogens (tertiary/aromatic N) is 1. The van der Waals surface area contributed by atoms with Gasteiger partial charge in [0.1, 0.15) is 0 Å². The van der Waals surface area contributed by atoms with Crippen molar-refractivity contribution in [3.8, 4) is 0 Å². The van der Waals surface area contributed by atoms with Crippen molar-refractivity contribution >= 4 is 17.6 Å². The molecule has 1 saturated heterocycles. The van der Waals surface area contributed by atoms with Crippen LogP contribution in [0.2, 0.25) is 0 Å². The highest BCUT2D eigenvalue weighted by atomic mass is 16.2. The van der Waals surface area contributed by atoms with Crippen LogP contribution in [0.5, 0.6) is 0 Å². The molecule has 6 nitrogen and oxygen atoms in total. The number of anilines is 1. The molecule has 1 aromatic carbocycles. The van der Waals surface area contributed by atoms with E-state index in [-0.39, 0.29) is 5.91 Å². The minimum atomic E-state index is -0.483. The molecule has 1 unspecified atom stereocenters. The fourth-order valence-corrected chi connectivity index (χ4v) is 2.63. The zero-order chi connectivity index (χ0) is 15.8. The number of amides is 3. The molecular weight excluding hydrogens is 280 g/mol. The van der Waals surface area contributed by atoms with E-state index in [0.29, 0.717) is 24.7 Å². The van der Waals surface area contributed by atoms with E-state index < -0.39 is 6.03 Å². The first kappa shape index (κ1) is 16.5. The van der Waals surface area contributed by atoms with E-state index in [0.717, 1.165) is 19.5 Å². The maximum absolute atomic E-state index is 11.8. The number of hydrogen-bond acceptors (Lipinski definition) is 4. The average molecular weight is 304 g/mol. The van der Waals surface area contributed by atoms with Crippen molar-refractivity contribution in [3.63, 3.8) is 0 Å². The Morgan fingerprint density at radius 1 is 1.27 bits per heavy atom. The van der Waals surface area contributed by atoms with Crippen LogP contribution in [0.4, 0.5) is 10.5 Å². The van der Waals surface area contributed by atoms with E-state index in [1.165, 1.54) is 6.42 Å². The van der Waals surface area contributed by atoms with Gasteiger partial charge in [-0.3, -0.25) is 10.1 Å². The SMILES string of the molecule is CNC1CCCN(CCC(=O)NC(=O)Nc2ccccc2)C1. The molecule has 0 radical (unpaired) electrons. The molecule has 0 bridgehead atoms. The van der Waals surface area contributed by atoms with Crippen LogP contribution in [0, 0.1) is 0 Å². The van der Waals surface area contributed by atoms with E-state index in [4.69, 9.17) is 0 Å². The molecule has 2 rings (SSSR count). The van der Waals surface area contributed by atoms with Crippen LogP contribution in [0.3, 0.4) is 0 Å². The third-order valence-electron chi connectivity index (χ3n) is 3.85. The Kier molecular flexibility index (Phi) is 6.36. The maximum atomic E-state index is 11.8. The van der Waals surface area contributed by atoms with Crippen LogP contribution in [-0.2, 0) is 4.79 Å². The fraction of sp³-hybridized carbons (Fsp3) is 0.500. The van der Waals surface area contributed by atoms with Crippen LogP contribution in [-0.4, -0.2) is 49.6 Å². The number of piperidine rings is 1. The van der Waals surface area contributed by atoms with Crippen molar-refractivity contribution in [1.82, 2.24) is 15.5 Å². The van der Waals surface area contributed by atoms with Crippen LogP contribution in [0.25, 0.3) is 0 Å². The number of benzene rings is 1. The lowest BCUT2D eigenvalue weighted by atomic mass is 10.1. The molecule has 1 heterocycles. The van der Waals surface area contributed by atoms with Gasteiger partial charge in [-0.1, -0.05) is 18.2 Å². The Morgan fingerprint density at radius 3 is 2.77 bits per heavy atom. The van der Waals surface area contributed by atoms with Crippen molar-refractivity contribution in [1.29, 1.82) is 0 Å². The summed E-state index contributed by atoms with van der Waals surface area (Å²) in [6, 6.07) is 9.08. The highest BCUT2D eigenvalue weighted by Crippen LogP contribution is 2.10. The van der Waals surface area contributed by atoms with Gasteiger partial charge in [0.25, 0.3) is 0 Å². The zero-order valence-electron chi connectivity index (χ0n) is 13.0. The van der Waals surface area contributed by atoms with Crippen molar-refractivity contribution in [2.75, 3.05) is 32.0 Å². The van der Waals surface area contributed by atoms with Gasteiger partial charge in [0, 0.05) is 31.2 Å². The van der Waals surface area contributed by atoms with Crippen LogP contribution < -0.4 is 16.0 Å². The quantitative estimate of drug-likeness (QED) is 0.769. The summed E-state index contributed by atoms with van der Waals surface area (Å²) < 4.78 is 0. The molecule has 1 atom stereocenters. The van der Waals surface area contributed by atoms with Gasteiger partial charge in [0.2, 0.25) is 5.91 Å². The van der Waals surface area contributed by atoms with Gasteiger partial charge in [-0.25, -0.2) is 4.79 Å². The lowest BCUT2D eigenvalue weighted by Crippen LogP contribution is -2.45. The van der Waals surface area contributed by atoms with E-state index in [2.05, 4.69) is 20.9 Å². The predicted molar refractivity (Wildman–Crippen MR) is 86.7 cm³/mol. The summed E-state index contributed by atoms with van der Waals surface area (Å²) in [6.45, 7) is 2.66. The van der Waals surface area contributed by atoms with Gasteiger partial charge in [-0.2, -0.15) is 0 Å². The minimum Gasteiger partial charge on any atom is -0.316 e. The number of likely N-dealkylation sites (tertiary alicyclic amines) is 1. The number of carbonyl (C=O) groups is 2. The Balaban J connectivity index is 1.68. The highest BCUT2D eigenvalue weighted by molar-refractivity contribution is 6.01. The second kappa shape index (κ2) is 8.51. The second-order valence-corrected chi connectivity index (χ2v) is 5.55. The largest absolute Gasteiger partial charge is 0.325 e. The molecule has 120 valence electrons. The van der Waals surface area contributed by atoms with Crippen molar-refractivity contribution in [2.45, 2.75) is 25.3 Å². The van der Waals surface area contributed by atoms with Crippen molar-refractivity contribution in [2.24, 2.45) is 0 Å². The minimum absolute atomic E-state index is 0.250. The van der Waals surface area contributed by atoms with Gasteiger partial charge in [-0.15, -0.1) is 0 Å². The van der Waals surface area contributed by atoms with Crippen molar-refractivity contribution < 1.29 is 9.59 Å². The number of rotatable bonds is 5. The van der Waals surface area contributed by atoms with Gasteiger partial charge < -0.3 is 15.5 Å². The normalized spacial score (nSPS) is 18.7. The van der Waals surface area contributed by atoms with Gasteiger partial charge >= 0.3 is 6.03 Å². The summed E-state index contributed by atoms with van der Waals surface area (Å²) in [5.74, 6) is -0.250. The molecule has 6 heteroatoms. The third kappa shape index (κ3) is 5.46. The van der Waals surface area contributed by atoms with E-state index in [9.17, 15) is 9.59 Å². The van der Waals surface area contributed by atoms with E-state index in [1.54, 1.807) is 12.1 Å². The Bertz CT molecular complexity index is 492. The summed E-state index contributed by atoms with van der Waals surface area (Å²) in [4.78, 5) is 25.8. The Labute approximate surface area is 131 Å². The first-order chi connectivity index (χ1) is 10.7. The first-order valence-electron chi connectivity index (χ1n) is 7.73. The molecule has 1 aromatic rings. The molecular formula is C16H24N4O2. The Hall–Kier alpha value is -1.92. The zero-order valence-corrected chi connectivity index (χ0v) is 13.0. The molecule has 1 fully saturated rings. The predicted octanol–water partition coefficient (Wildman–Crippen LogP) is 1.41. The molecule has 0 saturated carbocycles. The summed E-state index contributed by atoms with van der Waals surface area (Å²) in [5.41, 5.74) is 0.667. The molecule has 0 aromatic heterocycles. The van der Waals surface area contributed by atoms with Crippen LogP contribution in [0.15, 0.2) is 30.3 Å². The molecule has 0 aliphatic carbocycles. The standard InChI is InChI=1S/C16H24N4O2/c1-17-14-8-5-10-20(12-14)11-9-15(21)19-16(22)18-13-6-3-2-4-7-13/h2-4,6-7,14,17H,5,8-12H2,1H3,(H2,18,19,21,22). The molecule has 3 amide bonds. The summed E-state index contributed by atoms with van der Waals surface area (Å²) in [5, 5.41) is 8.27. The number of urea groups is 1. The average Bonchev–Trinajstić information content (AvgIpc) is 2.54. The summed E-state index contributed by atoms with van der Waals surface area (Å²) in [7, 11) is 1.97. The number of imide groups is 1. The Morgan fingerprint density at radius 2 is 2.05 bits per heavy atom. The highest BCUT2D eigenvalue weighted by Gasteiger charge is 2.19. The molecule has 3 N–H and O–H groups in total. The number of para-hydroxylation sites is 1. The summed E-state index contributed by atoms with van der Waals surface area (Å²) >= 11 is 0. The number of likely N-dealkylation sites (N-methyl/N-ethyl adjacent to an activating group) is 1. The molecule has 1 aliphatic heterocycles. The topological polar surface area (TPSA) is 73.5 Å². The molecule has 22 heavy (non-hydrogen) atoms. The van der Waals surface area contributed by atoms with Gasteiger partial charge in [0.05, 0.1) is 0 Å². The summed E-state index contributed by atoms with van der Waals surface area (Å²) in [6.07, 6.45) is 2.65. The van der Waals surface area contributed by atoms with E-state index >= 15 is 0 Å². The monoisotopic (exact) mass is 304 g/mol. The maximum Gasteiger partial charge on any atom is 0.325 e. The van der Waals surface area contributed by atoms with Gasteiger partial charge in [0.15, 0.2) is 0 Å². The second-order valence-electron chi connectivity index (χ2n) is 5.55. The van der Waals surface area contributed by atoms with Crippen LogP contribution >= 0.6 is 0 Å². The fourth-order valence-electron chi connectivity index (χ4n) is 2.63. The van der Waals surface area contributed by atoms with E-state index in [1.807, 2.05) is 25.2 Å². The molecule has 0 spiro atoms. The number of nitrogens with one attached hydrogen (secondary N) is 3. The molecule has 1 aliphatic rings. The third-order valence-corrected chi connectivity index (χ3v) is 3.85. The number of carbonyl (C=O) groups excluding carboxylic acids is 2. The smallest absolute Gasteiger partial charge is 0.316 e.